The second-order valence-corrected chi connectivity index (χ2v) is 5.22. The van der Waals surface area contributed by atoms with E-state index in [0.29, 0.717) is 10.4 Å². The Morgan fingerprint density at radius 1 is 1.05 bits per heavy atom. The SMILES string of the molecule is Cc1ccc(Cl)cc1-n1nc(C)c2ccccc2c1=O. The number of nitrogens with zero attached hydrogens (tertiary/aromatic N) is 2. The molecule has 0 atom stereocenters. The van der Waals surface area contributed by atoms with Crippen molar-refractivity contribution >= 4 is 22.4 Å². The van der Waals surface area contributed by atoms with Crippen LogP contribution in [0.15, 0.2) is 47.3 Å². The highest BCUT2D eigenvalue weighted by molar-refractivity contribution is 6.30. The summed E-state index contributed by atoms with van der Waals surface area (Å²) in [7, 11) is 0. The number of fused-ring (bicyclic) bond motifs is 1. The molecule has 0 aliphatic carbocycles. The maximum atomic E-state index is 12.6. The van der Waals surface area contributed by atoms with Gasteiger partial charge >= 0.3 is 0 Å². The number of benzene rings is 2. The summed E-state index contributed by atoms with van der Waals surface area (Å²) in [6.45, 7) is 3.84. The van der Waals surface area contributed by atoms with Gasteiger partial charge in [0.15, 0.2) is 0 Å². The van der Waals surface area contributed by atoms with Crippen molar-refractivity contribution in [2.24, 2.45) is 0 Å². The molecule has 0 radical (unpaired) electrons. The number of hydrogen-bond donors (Lipinski definition) is 0. The van der Waals surface area contributed by atoms with Gasteiger partial charge < -0.3 is 0 Å². The van der Waals surface area contributed by atoms with Crippen LogP contribution in [-0.4, -0.2) is 9.78 Å². The fourth-order valence-corrected chi connectivity index (χ4v) is 2.49. The molecule has 3 rings (SSSR count). The van der Waals surface area contributed by atoms with Gasteiger partial charge in [0.25, 0.3) is 5.56 Å². The summed E-state index contributed by atoms with van der Waals surface area (Å²) in [6.07, 6.45) is 0. The Labute approximate surface area is 121 Å². The summed E-state index contributed by atoms with van der Waals surface area (Å²) in [5.41, 5.74) is 2.37. The van der Waals surface area contributed by atoms with Crippen molar-refractivity contribution in [1.82, 2.24) is 9.78 Å². The highest BCUT2D eigenvalue weighted by Gasteiger charge is 2.11. The third kappa shape index (κ3) is 2.00. The molecule has 0 amide bonds. The third-order valence-electron chi connectivity index (χ3n) is 3.39. The molecule has 0 fully saturated rings. The molecule has 1 heterocycles. The van der Waals surface area contributed by atoms with Crippen LogP contribution in [0.2, 0.25) is 5.02 Å². The summed E-state index contributed by atoms with van der Waals surface area (Å²) in [4.78, 5) is 12.6. The molecule has 1 aromatic heterocycles. The van der Waals surface area contributed by atoms with Crippen molar-refractivity contribution < 1.29 is 0 Å². The van der Waals surface area contributed by atoms with Gasteiger partial charge in [0.2, 0.25) is 0 Å². The first kappa shape index (κ1) is 12.9. The lowest BCUT2D eigenvalue weighted by Crippen LogP contribution is -2.23. The lowest BCUT2D eigenvalue weighted by Gasteiger charge is -2.11. The molecule has 0 bridgehead atoms. The predicted octanol–water partition coefficient (Wildman–Crippen LogP) is 3.66. The minimum absolute atomic E-state index is 0.128. The zero-order chi connectivity index (χ0) is 14.3. The summed E-state index contributed by atoms with van der Waals surface area (Å²) in [5.74, 6) is 0. The van der Waals surface area contributed by atoms with Gasteiger partial charge in [-0.3, -0.25) is 4.79 Å². The van der Waals surface area contributed by atoms with Gasteiger partial charge in [-0.1, -0.05) is 35.9 Å². The Bertz CT molecular complexity index is 868. The van der Waals surface area contributed by atoms with E-state index in [4.69, 9.17) is 11.6 Å². The minimum atomic E-state index is -0.128. The molecule has 0 saturated carbocycles. The molecule has 0 spiro atoms. The summed E-state index contributed by atoms with van der Waals surface area (Å²) in [5, 5.41) is 6.56. The third-order valence-corrected chi connectivity index (χ3v) is 3.62. The molecule has 0 unspecified atom stereocenters. The molecule has 0 N–H and O–H groups in total. The van der Waals surface area contributed by atoms with Gasteiger partial charge in [-0.15, -0.1) is 0 Å². The number of hydrogen-bond acceptors (Lipinski definition) is 2. The average molecular weight is 285 g/mol. The molecule has 0 aliphatic rings. The summed E-state index contributed by atoms with van der Waals surface area (Å²) >= 11 is 6.03. The van der Waals surface area contributed by atoms with Crippen LogP contribution in [0.4, 0.5) is 0 Å². The Balaban J connectivity index is 2.41. The first-order chi connectivity index (χ1) is 9.58. The second-order valence-electron chi connectivity index (χ2n) is 4.78. The number of aryl methyl sites for hydroxylation is 2. The summed E-state index contributed by atoms with van der Waals surface area (Å²) < 4.78 is 1.43. The second kappa shape index (κ2) is 4.76. The largest absolute Gasteiger partial charge is 0.279 e. The van der Waals surface area contributed by atoms with Crippen molar-refractivity contribution in [3.63, 3.8) is 0 Å². The highest BCUT2D eigenvalue weighted by atomic mass is 35.5. The van der Waals surface area contributed by atoms with E-state index >= 15 is 0 Å². The predicted molar refractivity (Wildman–Crippen MR) is 81.8 cm³/mol. The van der Waals surface area contributed by atoms with Crippen LogP contribution < -0.4 is 5.56 Å². The van der Waals surface area contributed by atoms with E-state index in [9.17, 15) is 4.79 Å². The molecular weight excluding hydrogens is 272 g/mol. The van der Waals surface area contributed by atoms with Crippen molar-refractivity contribution in [2.45, 2.75) is 13.8 Å². The molecule has 2 aromatic carbocycles. The van der Waals surface area contributed by atoms with Gasteiger partial charge in [0.05, 0.1) is 16.8 Å². The Morgan fingerprint density at radius 3 is 2.50 bits per heavy atom. The molecule has 3 aromatic rings. The van der Waals surface area contributed by atoms with Crippen LogP contribution in [-0.2, 0) is 0 Å². The molecular formula is C16H13ClN2O. The standard InChI is InChI=1S/C16H13ClN2O/c1-10-7-8-12(17)9-15(10)19-16(20)14-6-4-3-5-13(14)11(2)18-19/h3-9H,1-2H3. The molecule has 100 valence electrons. The maximum Gasteiger partial charge on any atom is 0.279 e. The van der Waals surface area contributed by atoms with Crippen LogP contribution in [0.5, 0.6) is 0 Å². The Hall–Kier alpha value is -2.13. The van der Waals surface area contributed by atoms with Crippen LogP contribution in [0.1, 0.15) is 11.3 Å². The van der Waals surface area contributed by atoms with Gasteiger partial charge in [0.1, 0.15) is 0 Å². The average Bonchev–Trinajstić information content (AvgIpc) is 2.46. The highest BCUT2D eigenvalue weighted by Crippen LogP contribution is 2.19. The van der Waals surface area contributed by atoms with Crippen molar-refractivity contribution in [3.05, 3.63) is 69.1 Å². The van der Waals surface area contributed by atoms with Crippen molar-refractivity contribution in [3.8, 4) is 5.69 Å². The first-order valence-electron chi connectivity index (χ1n) is 6.33. The van der Waals surface area contributed by atoms with Crippen LogP contribution >= 0.6 is 11.6 Å². The fourth-order valence-electron chi connectivity index (χ4n) is 2.32. The zero-order valence-corrected chi connectivity index (χ0v) is 12.0. The molecule has 3 nitrogen and oxygen atoms in total. The fraction of sp³-hybridized carbons (Fsp3) is 0.125. The van der Waals surface area contributed by atoms with E-state index in [2.05, 4.69) is 5.10 Å². The Kier molecular flexibility index (Phi) is 3.07. The van der Waals surface area contributed by atoms with E-state index in [1.165, 1.54) is 4.68 Å². The quantitative estimate of drug-likeness (QED) is 0.683. The van der Waals surface area contributed by atoms with Crippen molar-refractivity contribution in [1.29, 1.82) is 0 Å². The lowest BCUT2D eigenvalue weighted by molar-refractivity contribution is 0.796. The topological polar surface area (TPSA) is 34.9 Å². The van der Waals surface area contributed by atoms with E-state index in [1.54, 1.807) is 12.1 Å². The van der Waals surface area contributed by atoms with Crippen LogP contribution in [0.25, 0.3) is 16.5 Å². The van der Waals surface area contributed by atoms with Crippen molar-refractivity contribution in [2.75, 3.05) is 0 Å². The zero-order valence-electron chi connectivity index (χ0n) is 11.2. The molecule has 0 aliphatic heterocycles. The molecule has 4 heteroatoms. The molecule has 20 heavy (non-hydrogen) atoms. The van der Waals surface area contributed by atoms with Crippen LogP contribution in [0, 0.1) is 13.8 Å². The molecule has 0 saturated heterocycles. The normalized spacial score (nSPS) is 10.9. The minimum Gasteiger partial charge on any atom is -0.267 e. The van der Waals surface area contributed by atoms with E-state index in [-0.39, 0.29) is 5.56 Å². The van der Waals surface area contributed by atoms with E-state index in [0.717, 1.165) is 22.3 Å². The van der Waals surface area contributed by atoms with Crippen LogP contribution in [0.3, 0.4) is 0 Å². The number of rotatable bonds is 1. The lowest BCUT2D eigenvalue weighted by atomic mass is 10.1. The number of aromatic nitrogens is 2. The first-order valence-corrected chi connectivity index (χ1v) is 6.71. The van der Waals surface area contributed by atoms with Gasteiger partial charge in [-0.2, -0.15) is 9.78 Å². The van der Waals surface area contributed by atoms with E-state index in [1.807, 2.05) is 44.2 Å². The van der Waals surface area contributed by atoms with Gasteiger partial charge in [-0.25, -0.2) is 0 Å². The van der Waals surface area contributed by atoms with E-state index < -0.39 is 0 Å². The maximum absolute atomic E-state index is 12.6. The Morgan fingerprint density at radius 2 is 1.75 bits per heavy atom. The summed E-state index contributed by atoms with van der Waals surface area (Å²) in [6, 6.07) is 13.0. The monoisotopic (exact) mass is 284 g/mol. The van der Waals surface area contributed by atoms with Gasteiger partial charge in [0, 0.05) is 10.4 Å². The van der Waals surface area contributed by atoms with Gasteiger partial charge in [-0.05, 0) is 37.6 Å². The number of halogens is 1. The smallest absolute Gasteiger partial charge is 0.267 e.